The summed E-state index contributed by atoms with van der Waals surface area (Å²) in [6.45, 7) is 21.1. The number of anilines is 9. The first kappa shape index (κ1) is 43.4. The van der Waals surface area contributed by atoms with E-state index in [1.165, 1.54) is 71.7 Å². The van der Waals surface area contributed by atoms with Crippen molar-refractivity contribution >= 4 is 98.6 Å². The highest BCUT2D eigenvalue weighted by molar-refractivity contribution is 7.00. The van der Waals surface area contributed by atoms with Crippen LogP contribution in [0.2, 0.25) is 19.6 Å². The number of nitrogens with zero attached hydrogens (tertiary/aromatic N) is 4. The predicted octanol–water partition coefficient (Wildman–Crippen LogP) is 14.6. The molecule has 0 bridgehead atoms. The van der Waals surface area contributed by atoms with Gasteiger partial charge in [-0.05, 0) is 127 Å². The Labute approximate surface area is 404 Å². The molecule has 0 amide bonds. The maximum Gasteiger partial charge on any atom is 0.254 e. The molecular weight excluding hydrogens is 840 g/mol. The van der Waals surface area contributed by atoms with Crippen molar-refractivity contribution in [3.05, 3.63) is 205 Å². The summed E-state index contributed by atoms with van der Waals surface area (Å²) >= 11 is 0. The summed E-state index contributed by atoms with van der Waals surface area (Å²) in [5.41, 5.74) is 16.7. The summed E-state index contributed by atoms with van der Waals surface area (Å²) in [5, 5.41) is 3.85. The van der Waals surface area contributed by atoms with Crippen LogP contribution in [0.3, 0.4) is 0 Å². The summed E-state index contributed by atoms with van der Waals surface area (Å²) in [6, 6.07) is 72.2. The van der Waals surface area contributed by atoms with Crippen LogP contribution >= 0.6 is 0 Å². The first-order valence-electron chi connectivity index (χ1n) is 24.2. The molecule has 0 aliphatic carbocycles. The minimum atomic E-state index is -1.88. The smallest absolute Gasteiger partial charge is 0.254 e. The Morgan fingerprint density at radius 1 is 0.485 bits per heavy atom. The average molecular weight is 899 g/mol. The Kier molecular flexibility index (Phi) is 10.4. The maximum absolute atomic E-state index is 6.01. The van der Waals surface area contributed by atoms with Crippen LogP contribution in [0, 0.1) is 0 Å². The second kappa shape index (κ2) is 16.3. The zero-order valence-corrected chi connectivity index (χ0v) is 41.8. The third-order valence-corrected chi connectivity index (χ3v) is 16.1. The van der Waals surface area contributed by atoms with Crippen molar-refractivity contribution in [2.24, 2.45) is 0 Å². The average Bonchev–Trinajstić information content (AvgIpc) is 3.33. The van der Waals surface area contributed by atoms with Gasteiger partial charge in [0, 0.05) is 39.7 Å². The van der Waals surface area contributed by atoms with E-state index in [2.05, 4.69) is 270 Å². The molecule has 0 radical (unpaired) electrons. The molecular formula is C62H59BN4Si. The Bertz CT molecular complexity index is 3360. The van der Waals surface area contributed by atoms with E-state index in [-0.39, 0.29) is 17.5 Å². The lowest BCUT2D eigenvalue weighted by molar-refractivity contribution is 0.590. The Morgan fingerprint density at radius 2 is 1.07 bits per heavy atom. The lowest BCUT2D eigenvalue weighted by Crippen LogP contribution is -2.62. The van der Waals surface area contributed by atoms with Crippen molar-refractivity contribution in [1.29, 1.82) is 0 Å². The molecule has 2 aliphatic heterocycles. The van der Waals surface area contributed by atoms with Gasteiger partial charge in [0.25, 0.3) is 6.71 Å². The molecule has 0 spiro atoms. The SMILES string of the molecule is CC(C)(C)c1ccc(N(c2ccc3c(n2)N(c2ccccc2)c2cc([Si](C)(C)C)cc4c2B3c2ccccc2N4c2ccccc2)c2ccc(C(C)(C)C)cc2-c2cccc3ccccc23)cc1. The van der Waals surface area contributed by atoms with E-state index < -0.39 is 8.07 Å². The van der Waals surface area contributed by atoms with Crippen LogP contribution in [0.15, 0.2) is 194 Å². The molecule has 1 aromatic heterocycles. The van der Waals surface area contributed by atoms with Crippen LogP contribution in [0.4, 0.5) is 51.4 Å². The molecule has 334 valence electrons. The second-order valence-electron chi connectivity index (χ2n) is 21.7. The van der Waals surface area contributed by atoms with Gasteiger partial charge in [-0.1, -0.05) is 188 Å². The minimum absolute atomic E-state index is 0.000521. The van der Waals surface area contributed by atoms with E-state index in [0.717, 1.165) is 34.4 Å². The molecule has 0 N–H and O–H groups in total. The van der Waals surface area contributed by atoms with Crippen LogP contribution < -0.4 is 36.3 Å². The summed E-state index contributed by atoms with van der Waals surface area (Å²) in [5.74, 6) is 1.81. The molecule has 2 aliphatic rings. The van der Waals surface area contributed by atoms with Gasteiger partial charge in [0.15, 0.2) is 0 Å². The highest BCUT2D eigenvalue weighted by Gasteiger charge is 2.45. The molecule has 6 heteroatoms. The van der Waals surface area contributed by atoms with Gasteiger partial charge < -0.3 is 4.90 Å². The van der Waals surface area contributed by atoms with Gasteiger partial charge in [-0.25, -0.2) is 4.98 Å². The highest BCUT2D eigenvalue weighted by atomic mass is 28.3. The van der Waals surface area contributed by atoms with Gasteiger partial charge >= 0.3 is 0 Å². The number of para-hydroxylation sites is 3. The van der Waals surface area contributed by atoms with E-state index in [9.17, 15) is 0 Å². The Balaban J connectivity index is 1.21. The topological polar surface area (TPSA) is 22.6 Å². The Hall–Kier alpha value is -7.15. The van der Waals surface area contributed by atoms with E-state index in [4.69, 9.17) is 4.98 Å². The van der Waals surface area contributed by atoms with Gasteiger partial charge in [0.1, 0.15) is 11.6 Å². The van der Waals surface area contributed by atoms with Crippen molar-refractivity contribution in [2.45, 2.75) is 72.0 Å². The Morgan fingerprint density at radius 3 is 1.75 bits per heavy atom. The predicted molar refractivity (Wildman–Crippen MR) is 296 cm³/mol. The fourth-order valence-corrected chi connectivity index (χ4v) is 11.6. The lowest BCUT2D eigenvalue weighted by Gasteiger charge is -2.44. The van der Waals surface area contributed by atoms with E-state index in [0.29, 0.717) is 0 Å². The number of rotatable bonds is 7. The van der Waals surface area contributed by atoms with Gasteiger partial charge in [-0.2, -0.15) is 0 Å². The van der Waals surface area contributed by atoms with Crippen LogP contribution in [0.5, 0.6) is 0 Å². The van der Waals surface area contributed by atoms with E-state index >= 15 is 0 Å². The van der Waals surface area contributed by atoms with Crippen LogP contribution in [0.25, 0.3) is 21.9 Å². The first-order valence-corrected chi connectivity index (χ1v) is 27.7. The summed E-state index contributed by atoms with van der Waals surface area (Å²) in [4.78, 5) is 13.4. The molecule has 0 saturated carbocycles. The molecule has 9 aromatic rings. The molecule has 0 atom stereocenters. The molecule has 8 aromatic carbocycles. The summed E-state index contributed by atoms with van der Waals surface area (Å²) < 4.78 is 0. The van der Waals surface area contributed by atoms with Crippen molar-refractivity contribution in [3.63, 3.8) is 0 Å². The molecule has 11 rings (SSSR count). The van der Waals surface area contributed by atoms with Gasteiger partial charge in [-0.3, -0.25) is 9.80 Å². The van der Waals surface area contributed by atoms with E-state index in [1.54, 1.807) is 0 Å². The second-order valence-corrected chi connectivity index (χ2v) is 26.8. The van der Waals surface area contributed by atoms with Crippen molar-refractivity contribution in [3.8, 4) is 11.1 Å². The molecule has 0 fully saturated rings. The largest absolute Gasteiger partial charge is 0.311 e. The molecule has 68 heavy (non-hydrogen) atoms. The first-order chi connectivity index (χ1) is 32.6. The van der Waals surface area contributed by atoms with Crippen LogP contribution in [0.1, 0.15) is 52.7 Å². The number of benzene rings is 8. The third kappa shape index (κ3) is 7.43. The van der Waals surface area contributed by atoms with Crippen molar-refractivity contribution in [1.82, 2.24) is 4.98 Å². The van der Waals surface area contributed by atoms with Gasteiger partial charge in [0.05, 0.1) is 13.8 Å². The standard InChI is InChI=1S/C62H59BN4Si/c1-61(2,3)43-31-34-47(35-32-43)66(54-37-33-44(62(4,5)6)39-51(54)50-28-20-22-42-21-16-17-27-49(42)50)58-38-36-53-60(64-58)67(46-25-14-11-15-26-46)57-41-48(68(7,8)9)40-56-59(57)63(53)52-29-18-19-30-55(52)65(56)45-23-12-10-13-24-45/h10-41H,1-9H3. The molecule has 0 saturated heterocycles. The number of pyridine rings is 1. The van der Waals surface area contributed by atoms with Crippen molar-refractivity contribution < 1.29 is 0 Å². The highest BCUT2D eigenvalue weighted by Crippen LogP contribution is 2.47. The van der Waals surface area contributed by atoms with Crippen LogP contribution in [-0.2, 0) is 10.8 Å². The fraction of sp³-hybridized carbons (Fsp3) is 0.177. The van der Waals surface area contributed by atoms with Crippen molar-refractivity contribution in [2.75, 3.05) is 14.7 Å². The zero-order valence-electron chi connectivity index (χ0n) is 40.8. The quantitative estimate of drug-likeness (QED) is 0.149. The summed E-state index contributed by atoms with van der Waals surface area (Å²) in [6.07, 6.45) is 0. The van der Waals surface area contributed by atoms with Crippen LogP contribution in [-0.4, -0.2) is 19.8 Å². The van der Waals surface area contributed by atoms with Gasteiger partial charge in [0.2, 0.25) is 0 Å². The van der Waals surface area contributed by atoms with Gasteiger partial charge in [-0.15, -0.1) is 0 Å². The fourth-order valence-electron chi connectivity index (χ4n) is 10.4. The number of fused-ring (bicyclic) bond motifs is 5. The molecule has 3 heterocycles. The number of hydrogen-bond donors (Lipinski definition) is 0. The third-order valence-electron chi connectivity index (χ3n) is 14.1. The minimum Gasteiger partial charge on any atom is -0.311 e. The number of hydrogen-bond acceptors (Lipinski definition) is 4. The zero-order chi connectivity index (χ0) is 47.1. The monoisotopic (exact) mass is 898 g/mol. The lowest BCUT2D eigenvalue weighted by atomic mass is 9.33. The van der Waals surface area contributed by atoms with E-state index in [1.807, 2.05) is 0 Å². The number of aromatic nitrogens is 1. The maximum atomic E-state index is 6.01. The molecule has 0 unspecified atom stereocenters. The normalized spacial score (nSPS) is 13.3. The molecule has 4 nitrogen and oxygen atoms in total. The summed E-state index contributed by atoms with van der Waals surface area (Å²) in [7, 11) is -1.88.